The van der Waals surface area contributed by atoms with Gasteiger partial charge in [0, 0.05) is 51.9 Å². The van der Waals surface area contributed by atoms with Crippen molar-refractivity contribution in [3.8, 4) is 0 Å². The van der Waals surface area contributed by atoms with Crippen molar-refractivity contribution < 1.29 is 22.7 Å². The molecule has 1 saturated heterocycles. The first-order valence-corrected chi connectivity index (χ1v) is 12.1. The van der Waals surface area contributed by atoms with E-state index in [2.05, 4.69) is 5.32 Å². The van der Waals surface area contributed by atoms with Crippen LogP contribution in [0.3, 0.4) is 0 Å². The first kappa shape index (κ1) is 22.7. The number of nitrogens with zero attached hydrogens (tertiary/aromatic N) is 2. The number of rotatable bonds is 8. The van der Waals surface area contributed by atoms with Gasteiger partial charge in [0.05, 0.1) is 4.90 Å². The number of fused-ring (bicyclic) bond motifs is 1. The predicted molar refractivity (Wildman–Crippen MR) is 114 cm³/mol. The van der Waals surface area contributed by atoms with Gasteiger partial charge in [-0.1, -0.05) is 6.42 Å². The SMILES string of the molecule is CCOCCCNC(=O)[C@H]1Cc2cc(S(=O)(=O)N3CCCCC3)ccc2N1C(C)=O. The lowest BCUT2D eigenvalue weighted by molar-refractivity contribution is -0.125. The van der Waals surface area contributed by atoms with E-state index in [1.807, 2.05) is 6.92 Å². The largest absolute Gasteiger partial charge is 0.382 e. The molecule has 2 amide bonds. The maximum Gasteiger partial charge on any atom is 0.243 e. The second kappa shape index (κ2) is 9.89. The minimum atomic E-state index is -3.57. The fourth-order valence-electron chi connectivity index (χ4n) is 4.09. The highest BCUT2D eigenvalue weighted by Crippen LogP contribution is 2.35. The zero-order chi connectivity index (χ0) is 21.7. The number of hydrogen-bond acceptors (Lipinski definition) is 5. The third kappa shape index (κ3) is 4.84. The number of benzene rings is 1. The molecule has 1 fully saturated rings. The average Bonchev–Trinajstić information content (AvgIpc) is 3.13. The van der Waals surface area contributed by atoms with Crippen molar-refractivity contribution in [3.05, 3.63) is 23.8 Å². The first-order chi connectivity index (χ1) is 14.4. The molecule has 1 aromatic carbocycles. The van der Waals surface area contributed by atoms with Crippen molar-refractivity contribution in [2.75, 3.05) is 37.7 Å². The highest BCUT2D eigenvalue weighted by molar-refractivity contribution is 7.89. The Kier molecular flexibility index (Phi) is 7.49. The molecule has 166 valence electrons. The maximum atomic E-state index is 13.0. The number of amides is 2. The fraction of sp³-hybridized carbons (Fsp3) is 0.619. The number of carbonyl (C=O) groups excluding carboxylic acids is 2. The second-order valence-corrected chi connectivity index (χ2v) is 9.64. The number of sulfonamides is 1. The van der Waals surface area contributed by atoms with Crippen molar-refractivity contribution in [2.45, 2.75) is 56.9 Å². The number of ether oxygens (including phenoxy) is 1. The van der Waals surface area contributed by atoms with Crippen LogP contribution in [0.1, 0.15) is 45.1 Å². The molecule has 1 atom stereocenters. The Balaban J connectivity index is 1.76. The van der Waals surface area contributed by atoms with E-state index in [9.17, 15) is 18.0 Å². The van der Waals surface area contributed by atoms with Gasteiger partial charge in [-0.3, -0.25) is 14.5 Å². The van der Waals surface area contributed by atoms with Crippen LogP contribution in [0.4, 0.5) is 5.69 Å². The summed E-state index contributed by atoms with van der Waals surface area (Å²) in [6.45, 7) is 6.06. The maximum absolute atomic E-state index is 13.0. The van der Waals surface area contributed by atoms with E-state index >= 15 is 0 Å². The van der Waals surface area contributed by atoms with Gasteiger partial charge in [-0.25, -0.2) is 8.42 Å². The topological polar surface area (TPSA) is 96.0 Å². The monoisotopic (exact) mass is 437 g/mol. The van der Waals surface area contributed by atoms with Crippen molar-refractivity contribution >= 4 is 27.5 Å². The Morgan fingerprint density at radius 2 is 1.93 bits per heavy atom. The molecular weight excluding hydrogens is 406 g/mol. The summed E-state index contributed by atoms with van der Waals surface area (Å²) < 4.78 is 32.8. The molecule has 8 nitrogen and oxygen atoms in total. The minimum absolute atomic E-state index is 0.226. The van der Waals surface area contributed by atoms with Gasteiger partial charge < -0.3 is 10.1 Å². The van der Waals surface area contributed by atoms with Crippen LogP contribution >= 0.6 is 0 Å². The Morgan fingerprint density at radius 1 is 1.20 bits per heavy atom. The lowest BCUT2D eigenvalue weighted by Gasteiger charge is -2.26. The Morgan fingerprint density at radius 3 is 2.60 bits per heavy atom. The molecule has 0 radical (unpaired) electrons. The zero-order valence-electron chi connectivity index (χ0n) is 17.7. The normalized spacial score (nSPS) is 19.5. The van der Waals surface area contributed by atoms with Gasteiger partial charge in [-0.2, -0.15) is 4.31 Å². The van der Waals surface area contributed by atoms with Gasteiger partial charge >= 0.3 is 0 Å². The molecule has 0 aromatic heterocycles. The molecular formula is C21H31N3O5S. The van der Waals surface area contributed by atoms with E-state index in [0.29, 0.717) is 56.9 Å². The summed E-state index contributed by atoms with van der Waals surface area (Å²) in [5.74, 6) is -0.479. The summed E-state index contributed by atoms with van der Waals surface area (Å²) in [4.78, 5) is 26.7. The molecule has 0 spiro atoms. The van der Waals surface area contributed by atoms with E-state index in [1.54, 1.807) is 18.2 Å². The van der Waals surface area contributed by atoms with E-state index in [0.717, 1.165) is 19.3 Å². The lowest BCUT2D eigenvalue weighted by Crippen LogP contribution is -2.47. The first-order valence-electron chi connectivity index (χ1n) is 10.6. The Labute approximate surface area is 178 Å². The van der Waals surface area contributed by atoms with Gasteiger partial charge in [-0.15, -0.1) is 0 Å². The number of carbonyl (C=O) groups is 2. The van der Waals surface area contributed by atoms with Crippen molar-refractivity contribution in [1.82, 2.24) is 9.62 Å². The second-order valence-electron chi connectivity index (χ2n) is 7.71. The molecule has 2 aliphatic heterocycles. The molecule has 2 heterocycles. The summed E-state index contributed by atoms with van der Waals surface area (Å²) in [5.41, 5.74) is 1.31. The Hall–Kier alpha value is -1.97. The van der Waals surface area contributed by atoms with Crippen LogP contribution in [-0.4, -0.2) is 63.4 Å². The summed E-state index contributed by atoms with van der Waals surface area (Å²) in [7, 11) is -3.57. The molecule has 1 N–H and O–H groups in total. The van der Waals surface area contributed by atoms with Crippen LogP contribution in [0.15, 0.2) is 23.1 Å². The van der Waals surface area contributed by atoms with Crippen molar-refractivity contribution in [2.24, 2.45) is 0 Å². The third-order valence-corrected chi connectivity index (χ3v) is 7.49. The van der Waals surface area contributed by atoms with Crippen LogP contribution in [0.25, 0.3) is 0 Å². The standard InChI is InChI=1S/C21H31N3O5S/c1-3-29-13-7-10-22-21(26)20-15-17-14-18(8-9-19(17)24(20)16(2)25)30(27,28)23-11-5-4-6-12-23/h8-9,14,20H,3-7,10-13,15H2,1-2H3,(H,22,26)/t20-/m1/s1. The van der Waals surface area contributed by atoms with Crippen LogP contribution in [0, 0.1) is 0 Å². The lowest BCUT2D eigenvalue weighted by atomic mass is 10.1. The summed E-state index contributed by atoms with van der Waals surface area (Å²) >= 11 is 0. The van der Waals surface area contributed by atoms with Crippen LogP contribution in [-0.2, 0) is 30.8 Å². The highest BCUT2D eigenvalue weighted by atomic mass is 32.2. The molecule has 3 rings (SSSR count). The summed E-state index contributed by atoms with van der Waals surface area (Å²) in [6.07, 6.45) is 3.78. The smallest absolute Gasteiger partial charge is 0.243 e. The van der Waals surface area contributed by atoms with E-state index < -0.39 is 16.1 Å². The van der Waals surface area contributed by atoms with Crippen molar-refractivity contribution in [1.29, 1.82) is 0 Å². The molecule has 30 heavy (non-hydrogen) atoms. The summed E-state index contributed by atoms with van der Waals surface area (Å²) in [5, 5.41) is 2.86. The number of hydrogen-bond donors (Lipinski definition) is 1. The van der Waals surface area contributed by atoms with Gasteiger partial charge in [-0.05, 0) is 49.9 Å². The number of nitrogens with one attached hydrogen (secondary N) is 1. The van der Waals surface area contributed by atoms with Gasteiger partial charge in [0.25, 0.3) is 0 Å². The molecule has 1 aromatic rings. The highest BCUT2D eigenvalue weighted by Gasteiger charge is 2.38. The van der Waals surface area contributed by atoms with Gasteiger partial charge in [0.1, 0.15) is 6.04 Å². The zero-order valence-corrected chi connectivity index (χ0v) is 18.5. The number of anilines is 1. The van der Waals surface area contributed by atoms with Crippen LogP contribution < -0.4 is 10.2 Å². The summed E-state index contributed by atoms with van der Waals surface area (Å²) in [6, 6.07) is 4.15. The van der Waals surface area contributed by atoms with Gasteiger partial charge in [0.2, 0.25) is 21.8 Å². The fourth-order valence-corrected chi connectivity index (χ4v) is 5.66. The van der Waals surface area contributed by atoms with Crippen LogP contribution in [0.2, 0.25) is 0 Å². The molecule has 0 saturated carbocycles. The van der Waals surface area contributed by atoms with Gasteiger partial charge in [0.15, 0.2) is 0 Å². The van der Waals surface area contributed by atoms with E-state index in [4.69, 9.17) is 4.74 Å². The van der Waals surface area contributed by atoms with E-state index in [1.165, 1.54) is 16.1 Å². The minimum Gasteiger partial charge on any atom is -0.382 e. The molecule has 0 unspecified atom stereocenters. The molecule has 0 bridgehead atoms. The molecule has 9 heteroatoms. The molecule has 0 aliphatic carbocycles. The quantitative estimate of drug-likeness (QED) is 0.625. The average molecular weight is 438 g/mol. The van der Waals surface area contributed by atoms with E-state index in [-0.39, 0.29) is 16.7 Å². The van der Waals surface area contributed by atoms with Crippen LogP contribution in [0.5, 0.6) is 0 Å². The van der Waals surface area contributed by atoms with Crippen molar-refractivity contribution in [3.63, 3.8) is 0 Å². The predicted octanol–water partition coefficient (Wildman–Crippen LogP) is 1.68. The Bertz CT molecular complexity index is 881. The molecule has 2 aliphatic rings. The third-order valence-electron chi connectivity index (χ3n) is 5.60. The number of piperidine rings is 1.